The zero-order valence-corrected chi connectivity index (χ0v) is 9.73. The molecule has 1 fully saturated rings. The van der Waals surface area contributed by atoms with Crippen molar-refractivity contribution in [1.82, 2.24) is 9.55 Å². The van der Waals surface area contributed by atoms with Crippen molar-refractivity contribution in [1.29, 1.82) is 0 Å². The minimum absolute atomic E-state index is 0.168. The summed E-state index contributed by atoms with van der Waals surface area (Å²) < 4.78 is 6.52. The summed E-state index contributed by atoms with van der Waals surface area (Å²) in [6, 6.07) is 0. The van der Waals surface area contributed by atoms with E-state index in [0.717, 1.165) is 19.4 Å². The van der Waals surface area contributed by atoms with Gasteiger partial charge in [-0.2, -0.15) is 0 Å². The topological polar surface area (TPSA) is 84.3 Å². The molecule has 1 unspecified atom stereocenters. The summed E-state index contributed by atoms with van der Waals surface area (Å²) in [4.78, 5) is 25.0. The van der Waals surface area contributed by atoms with Crippen LogP contribution in [0.2, 0.25) is 0 Å². The minimum atomic E-state index is -0.566. The molecule has 0 aromatic carbocycles. The fraction of sp³-hybridized carbons (Fsp3) is 0.636. The SMILES string of the molecule is Cc1c(O)n(CC2CCCOC2)c(=O)[nH]c1=O. The van der Waals surface area contributed by atoms with Crippen LogP contribution in [0.3, 0.4) is 0 Å². The van der Waals surface area contributed by atoms with Crippen molar-refractivity contribution in [3.05, 3.63) is 26.4 Å². The molecule has 6 heteroatoms. The molecule has 94 valence electrons. The molecule has 2 N–H and O–H groups in total. The first kappa shape index (κ1) is 11.9. The van der Waals surface area contributed by atoms with Crippen LogP contribution in [0.25, 0.3) is 0 Å². The van der Waals surface area contributed by atoms with Crippen LogP contribution < -0.4 is 11.2 Å². The maximum absolute atomic E-state index is 11.6. The fourth-order valence-corrected chi connectivity index (χ4v) is 2.04. The molecule has 1 aliphatic heterocycles. The molecule has 0 amide bonds. The lowest BCUT2D eigenvalue weighted by Gasteiger charge is -2.23. The maximum Gasteiger partial charge on any atom is 0.331 e. The second-order valence-corrected chi connectivity index (χ2v) is 4.40. The van der Waals surface area contributed by atoms with Crippen LogP contribution >= 0.6 is 0 Å². The van der Waals surface area contributed by atoms with Gasteiger partial charge in [0.05, 0.1) is 12.2 Å². The smallest absolute Gasteiger partial charge is 0.331 e. The summed E-state index contributed by atoms with van der Waals surface area (Å²) in [5, 5.41) is 9.79. The van der Waals surface area contributed by atoms with E-state index >= 15 is 0 Å². The van der Waals surface area contributed by atoms with Gasteiger partial charge in [-0.3, -0.25) is 14.3 Å². The molecule has 1 aliphatic rings. The van der Waals surface area contributed by atoms with Gasteiger partial charge in [0.25, 0.3) is 5.56 Å². The van der Waals surface area contributed by atoms with Gasteiger partial charge in [-0.05, 0) is 19.8 Å². The highest BCUT2D eigenvalue weighted by Gasteiger charge is 2.18. The van der Waals surface area contributed by atoms with Crippen molar-refractivity contribution in [2.75, 3.05) is 13.2 Å². The number of ether oxygens (including phenoxy) is 1. The molecule has 1 saturated heterocycles. The van der Waals surface area contributed by atoms with Gasteiger partial charge >= 0.3 is 5.69 Å². The van der Waals surface area contributed by atoms with Gasteiger partial charge in [-0.25, -0.2) is 4.79 Å². The van der Waals surface area contributed by atoms with Gasteiger partial charge in [-0.15, -0.1) is 0 Å². The Hall–Kier alpha value is -1.56. The molecule has 0 radical (unpaired) electrons. The van der Waals surface area contributed by atoms with Crippen molar-refractivity contribution < 1.29 is 9.84 Å². The van der Waals surface area contributed by atoms with Crippen molar-refractivity contribution in [2.24, 2.45) is 5.92 Å². The standard InChI is InChI=1S/C11H16N2O4/c1-7-9(14)12-11(16)13(10(7)15)5-8-3-2-4-17-6-8/h8,15H,2-6H2,1H3,(H,12,14,16). The summed E-state index contributed by atoms with van der Waals surface area (Å²) in [6.07, 6.45) is 1.92. The van der Waals surface area contributed by atoms with Crippen molar-refractivity contribution in [3.8, 4) is 5.88 Å². The van der Waals surface area contributed by atoms with Crippen LogP contribution in [-0.2, 0) is 11.3 Å². The van der Waals surface area contributed by atoms with Gasteiger partial charge in [0, 0.05) is 19.1 Å². The van der Waals surface area contributed by atoms with E-state index in [0.29, 0.717) is 13.2 Å². The Morgan fingerprint density at radius 2 is 2.29 bits per heavy atom. The normalized spacial score (nSPS) is 20.4. The molecular weight excluding hydrogens is 224 g/mol. The molecular formula is C11H16N2O4. The van der Waals surface area contributed by atoms with E-state index in [-0.39, 0.29) is 17.4 Å². The third-order valence-electron chi connectivity index (χ3n) is 3.09. The lowest BCUT2D eigenvalue weighted by molar-refractivity contribution is 0.0469. The van der Waals surface area contributed by atoms with E-state index in [1.807, 2.05) is 0 Å². The Labute approximate surface area is 97.9 Å². The largest absolute Gasteiger partial charge is 0.494 e. The Kier molecular flexibility index (Phi) is 3.33. The Bertz CT molecular complexity index is 511. The Morgan fingerprint density at radius 1 is 1.53 bits per heavy atom. The fourth-order valence-electron chi connectivity index (χ4n) is 2.04. The molecule has 2 rings (SSSR count). The highest BCUT2D eigenvalue weighted by Crippen LogP contribution is 2.17. The first-order valence-corrected chi connectivity index (χ1v) is 5.70. The number of hydrogen-bond acceptors (Lipinski definition) is 4. The van der Waals surface area contributed by atoms with Crippen molar-refractivity contribution >= 4 is 0 Å². The molecule has 1 aromatic rings. The molecule has 0 spiro atoms. The van der Waals surface area contributed by atoms with E-state index in [1.165, 1.54) is 11.5 Å². The summed E-state index contributed by atoms with van der Waals surface area (Å²) in [6.45, 7) is 3.20. The first-order chi connectivity index (χ1) is 8.09. The number of rotatable bonds is 2. The van der Waals surface area contributed by atoms with E-state index in [9.17, 15) is 14.7 Å². The molecule has 0 bridgehead atoms. The number of hydrogen-bond donors (Lipinski definition) is 2. The Balaban J connectivity index is 2.29. The quantitative estimate of drug-likeness (QED) is 0.760. The average molecular weight is 240 g/mol. The number of aromatic hydroxyl groups is 1. The highest BCUT2D eigenvalue weighted by molar-refractivity contribution is 5.20. The van der Waals surface area contributed by atoms with Crippen LogP contribution in [0.1, 0.15) is 18.4 Å². The van der Waals surface area contributed by atoms with Gasteiger partial charge in [-0.1, -0.05) is 0 Å². The second kappa shape index (κ2) is 4.75. The van der Waals surface area contributed by atoms with Crippen LogP contribution in [0, 0.1) is 12.8 Å². The van der Waals surface area contributed by atoms with E-state index in [2.05, 4.69) is 4.98 Å². The number of H-pyrrole nitrogens is 1. The van der Waals surface area contributed by atoms with Crippen LogP contribution in [0.15, 0.2) is 9.59 Å². The van der Waals surface area contributed by atoms with Gasteiger partial charge in [0.2, 0.25) is 5.88 Å². The number of nitrogens with zero attached hydrogens (tertiary/aromatic N) is 1. The second-order valence-electron chi connectivity index (χ2n) is 4.40. The molecule has 0 saturated carbocycles. The van der Waals surface area contributed by atoms with Crippen molar-refractivity contribution in [2.45, 2.75) is 26.3 Å². The highest BCUT2D eigenvalue weighted by atomic mass is 16.5. The summed E-state index contributed by atoms with van der Waals surface area (Å²) in [5.41, 5.74) is -0.936. The molecule has 17 heavy (non-hydrogen) atoms. The average Bonchev–Trinajstić information content (AvgIpc) is 2.33. The summed E-state index contributed by atoms with van der Waals surface area (Å²) in [5.74, 6) is -0.0398. The van der Waals surface area contributed by atoms with Crippen LogP contribution in [0.5, 0.6) is 5.88 Å². The summed E-state index contributed by atoms with van der Waals surface area (Å²) in [7, 11) is 0. The predicted molar refractivity (Wildman–Crippen MR) is 61.3 cm³/mol. The van der Waals surface area contributed by atoms with E-state index in [4.69, 9.17) is 4.74 Å². The zero-order chi connectivity index (χ0) is 12.4. The van der Waals surface area contributed by atoms with Gasteiger partial charge in [0.15, 0.2) is 0 Å². The molecule has 2 heterocycles. The number of nitrogens with one attached hydrogen (secondary N) is 1. The number of aromatic nitrogens is 2. The van der Waals surface area contributed by atoms with Crippen molar-refractivity contribution in [3.63, 3.8) is 0 Å². The Morgan fingerprint density at radius 3 is 2.94 bits per heavy atom. The third kappa shape index (κ3) is 2.41. The molecule has 1 atom stereocenters. The molecule has 1 aromatic heterocycles. The van der Waals surface area contributed by atoms with Gasteiger partial charge < -0.3 is 9.84 Å². The first-order valence-electron chi connectivity index (χ1n) is 5.70. The predicted octanol–water partition coefficient (Wildman–Crippen LogP) is -0.0228. The third-order valence-corrected chi connectivity index (χ3v) is 3.09. The summed E-state index contributed by atoms with van der Waals surface area (Å²) >= 11 is 0. The monoisotopic (exact) mass is 240 g/mol. The van der Waals surface area contributed by atoms with Gasteiger partial charge in [0.1, 0.15) is 0 Å². The minimum Gasteiger partial charge on any atom is -0.494 e. The van der Waals surface area contributed by atoms with E-state index < -0.39 is 11.2 Å². The number of aromatic amines is 1. The van der Waals surface area contributed by atoms with E-state index in [1.54, 1.807) is 0 Å². The van der Waals surface area contributed by atoms with Crippen LogP contribution in [-0.4, -0.2) is 27.9 Å². The maximum atomic E-state index is 11.6. The van der Waals surface area contributed by atoms with Crippen LogP contribution in [0.4, 0.5) is 0 Å². The zero-order valence-electron chi connectivity index (χ0n) is 9.73. The lowest BCUT2D eigenvalue weighted by atomic mass is 10.0. The molecule has 6 nitrogen and oxygen atoms in total. The molecule has 0 aliphatic carbocycles. The lowest BCUT2D eigenvalue weighted by Crippen LogP contribution is -2.34.